The molecule has 1 aromatic rings. The Morgan fingerprint density at radius 2 is 2.29 bits per heavy atom. The van der Waals surface area contributed by atoms with E-state index in [0.29, 0.717) is 12.1 Å². The first-order valence-electron chi connectivity index (χ1n) is 5.67. The Kier molecular flexibility index (Phi) is 4.89. The van der Waals surface area contributed by atoms with E-state index >= 15 is 0 Å². The normalized spacial score (nSPS) is 13.5. The highest BCUT2D eigenvalue weighted by molar-refractivity contribution is 7.85. The van der Waals surface area contributed by atoms with Gasteiger partial charge in [0.1, 0.15) is 6.20 Å². The van der Waals surface area contributed by atoms with Gasteiger partial charge in [0.2, 0.25) is 11.7 Å². The number of aromatic amines is 1. The van der Waals surface area contributed by atoms with Gasteiger partial charge in [-0.3, -0.25) is 4.55 Å². The molecule has 1 heterocycles. The van der Waals surface area contributed by atoms with Gasteiger partial charge >= 0.3 is 10.1 Å². The van der Waals surface area contributed by atoms with E-state index in [4.69, 9.17) is 0 Å². The molecular formula is C11H19N2O3S+. The molecule has 0 saturated heterocycles. The van der Waals surface area contributed by atoms with Crippen molar-refractivity contribution >= 4 is 16.2 Å². The Morgan fingerprint density at radius 1 is 1.59 bits per heavy atom. The van der Waals surface area contributed by atoms with Crippen LogP contribution in [0.25, 0.3) is 6.08 Å². The summed E-state index contributed by atoms with van der Waals surface area (Å²) in [6, 6.07) is 0. The molecule has 0 spiro atoms. The Morgan fingerprint density at radius 3 is 2.76 bits per heavy atom. The van der Waals surface area contributed by atoms with Crippen molar-refractivity contribution in [2.75, 3.05) is 0 Å². The summed E-state index contributed by atoms with van der Waals surface area (Å²) >= 11 is 0. The molecular weight excluding hydrogens is 240 g/mol. The van der Waals surface area contributed by atoms with E-state index < -0.39 is 15.5 Å². The predicted molar refractivity (Wildman–Crippen MR) is 65.8 cm³/mol. The highest BCUT2D eigenvalue weighted by Gasteiger charge is 2.29. The maximum Gasteiger partial charge on any atom is 0.307 e. The molecule has 0 amide bonds. The maximum absolute atomic E-state index is 11.3. The molecule has 0 saturated carbocycles. The van der Waals surface area contributed by atoms with Gasteiger partial charge in [0.15, 0.2) is 5.69 Å². The van der Waals surface area contributed by atoms with Crippen LogP contribution in [0.1, 0.15) is 43.7 Å². The number of nitrogens with one attached hydrogen (secondary N) is 1. The van der Waals surface area contributed by atoms with E-state index in [9.17, 15) is 13.0 Å². The second kappa shape index (κ2) is 5.97. The van der Waals surface area contributed by atoms with Gasteiger partial charge in [-0.25, -0.2) is 9.55 Å². The van der Waals surface area contributed by atoms with Crippen LogP contribution in [0.15, 0.2) is 19.1 Å². The highest BCUT2D eigenvalue weighted by Crippen LogP contribution is 2.15. The molecule has 1 unspecified atom stereocenters. The molecule has 1 rings (SSSR count). The van der Waals surface area contributed by atoms with E-state index in [1.807, 2.05) is 6.92 Å². The molecule has 6 heteroatoms. The molecule has 2 N–H and O–H groups in total. The van der Waals surface area contributed by atoms with Crippen molar-refractivity contribution in [3.05, 3.63) is 24.8 Å². The summed E-state index contributed by atoms with van der Waals surface area (Å²) in [6.07, 6.45) is 7.87. The van der Waals surface area contributed by atoms with Crippen LogP contribution in [0.4, 0.5) is 0 Å². The second-order valence-corrected chi connectivity index (χ2v) is 5.55. The average Bonchev–Trinajstić information content (AvgIpc) is 2.70. The largest absolute Gasteiger partial charge is 0.307 e. The first-order chi connectivity index (χ1) is 7.99. The lowest BCUT2D eigenvalue weighted by Gasteiger charge is -2.09. The van der Waals surface area contributed by atoms with Crippen molar-refractivity contribution in [3.63, 3.8) is 0 Å². The first-order valence-corrected chi connectivity index (χ1v) is 7.17. The van der Waals surface area contributed by atoms with E-state index in [1.54, 1.807) is 12.3 Å². The molecule has 0 fully saturated rings. The number of hydrogen-bond acceptors (Lipinski definition) is 2. The van der Waals surface area contributed by atoms with Gasteiger partial charge in [0.05, 0.1) is 0 Å². The number of unbranched alkanes of at least 4 members (excludes halogenated alkanes) is 2. The highest BCUT2D eigenvalue weighted by atomic mass is 32.2. The van der Waals surface area contributed by atoms with Crippen molar-refractivity contribution in [2.45, 2.75) is 38.0 Å². The number of rotatable bonds is 7. The fourth-order valence-corrected chi connectivity index (χ4v) is 2.58. The SMILES string of the molecule is C=Cc1c[n+](C(CCCCC)S(=O)(=O)O)c[nH]1. The minimum atomic E-state index is -4.08. The van der Waals surface area contributed by atoms with Crippen LogP contribution in [-0.2, 0) is 10.1 Å². The van der Waals surface area contributed by atoms with Crippen LogP contribution in [0, 0.1) is 0 Å². The standard InChI is InChI=1S/C11H18N2O3S/c1-3-5-6-7-11(17(14,15)16)13-8-10(4-2)12-9-13/h4,8-9,11H,2-3,5-7H2,1H3,(H,14,15,16)/p+1. The van der Waals surface area contributed by atoms with Crippen molar-refractivity contribution < 1.29 is 17.5 Å². The topological polar surface area (TPSA) is 74.0 Å². The smallest absolute Gasteiger partial charge is 0.282 e. The molecule has 0 aliphatic carbocycles. The van der Waals surface area contributed by atoms with Crippen molar-refractivity contribution in [2.24, 2.45) is 0 Å². The summed E-state index contributed by atoms with van der Waals surface area (Å²) in [7, 11) is -4.08. The lowest BCUT2D eigenvalue weighted by Crippen LogP contribution is -2.42. The number of aromatic nitrogens is 2. The van der Waals surface area contributed by atoms with Crippen molar-refractivity contribution in [3.8, 4) is 0 Å². The summed E-state index contributed by atoms with van der Waals surface area (Å²) < 4.78 is 33.3. The zero-order valence-electron chi connectivity index (χ0n) is 9.96. The Balaban J connectivity index is 2.86. The molecule has 96 valence electrons. The average molecular weight is 259 g/mol. The maximum atomic E-state index is 11.3. The minimum absolute atomic E-state index is 0.409. The number of hydrogen-bond donors (Lipinski definition) is 2. The van der Waals surface area contributed by atoms with E-state index in [0.717, 1.165) is 19.3 Å². The second-order valence-electron chi connectivity index (χ2n) is 3.97. The molecule has 1 atom stereocenters. The van der Waals surface area contributed by atoms with E-state index in [2.05, 4.69) is 11.6 Å². The summed E-state index contributed by atoms with van der Waals surface area (Å²) in [6.45, 7) is 5.63. The van der Waals surface area contributed by atoms with Crippen molar-refractivity contribution in [1.82, 2.24) is 4.98 Å². The van der Waals surface area contributed by atoms with Crippen LogP contribution >= 0.6 is 0 Å². The monoisotopic (exact) mass is 259 g/mol. The molecule has 0 bridgehead atoms. The lowest BCUT2D eigenvalue weighted by molar-refractivity contribution is -0.701. The Hall–Kier alpha value is -1.14. The molecule has 0 radical (unpaired) electrons. The van der Waals surface area contributed by atoms with Crippen LogP contribution in [-0.4, -0.2) is 18.0 Å². The summed E-state index contributed by atoms with van der Waals surface area (Å²) in [5, 5.41) is -0.918. The summed E-state index contributed by atoms with van der Waals surface area (Å²) in [5.74, 6) is 0. The molecule has 17 heavy (non-hydrogen) atoms. The van der Waals surface area contributed by atoms with Gasteiger partial charge in [-0.05, 0) is 12.5 Å². The number of nitrogens with zero attached hydrogens (tertiary/aromatic N) is 1. The zero-order valence-corrected chi connectivity index (χ0v) is 10.8. The number of imidazole rings is 1. The van der Waals surface area contributed by atoms with Gasteiger partial charge in [-0.1, -0.05) is 26.3 Å². The van der Waals surface area contributed by atoms with Crippen molar-refractivity contribution in [1.29, 1.82) is 0 Å². The van der Waals surface area contributed by atoms with Gasteiger partial charge in [0.25, 0.3) is 0 Å². The van der Waals surface area contributed by atoms with Crippen LogP contribution in [0.5, 0.6) is 0 Å². The fourth-order valence-electron chi connectivity index (χ4n) is 1.68. The zero-order chi connectivity index (χ0) is 12.9. The third kappa shape index (κ3) is 3.98. The summed E-state index contributed by atoms with van der Waals surface area (Å²) in [5.41, 5.74) is 0.717. The van der Waals surface area contributed by atoms with E-state index in [1.165, 1.54) is 10.9 Å². The molecule has 0 aromatic carbocycles. The quantitative estimate of drug-likeness (QED) is 0.446. The molecule has 0 aliphatic heterocycles. The van der Waals surface area contributed by atoms with Gasteiger partial charge in [0, 0.05) is 6.42 Å². The van der Waals surface area contributed by atoms with Crippen LogP contribution in [0.3, 0.4) is 0 Å². The molecule has 1 aromatic heterocycles. The fraction of sp³-hybridized carbons (Fsp3) is 0.545. The van der Waals surface area contributed by atoms with Gasteiger partial charge in [-0.2, -0.15) is 8.42 Å². The third-order valence-corrected chi connectivity index (χ3v) is 3.79. The first kappa shape index (κ1) is 13.9. The molecule has 5 nitrogen and oxygen atoms in total. The summed E-state index contributed by atoms with van der Waals surface area (Å²) in [4.78, 5) is 2.87. The lowest BCUT2D eigenvalue weighted by atomic mass is 10.2. The predicted octanol–water partition coefficient (Wildman–Crippen LogP) is 1.91. The number of H-pyrrole nitrogens is 1. The Labute approximate surface area is 102 Å². The van der Waals surface area contributed by atoms with Crippen LogP contribution < -0.4 is 4.57 Å². The minimum Gasteiger partial charge on any atom is -0.282 e. The Bertz CT molecular complexity index is 465. The van der Waals surface area contributed by atoms with Crippen LogP contribution in [0.2, 0.25) is 0 Å². The van der Waals surface area contributed by atoms with Gasteiger partial charge < -0.3 is 0 Å². The van der Waals surface area contributed by atoms with E-state index in [-0.39, 0.29) is 0 Å². The third-order valence-electron chi connectivity index (χ3n) is 2.62. The molecule has 0 aliphatic rings. The van der Waals surface area contributed by atoms with Gasteiger partial charge in [-0.15, -0.1) is 0 Å².